The summed E-state index contributed by atoms with van der Waals surface area (Å²) in [6.45, 7) is 7.96. The summed E-state index contributed by atoms with van der Waals surface area (Å²) in [6.07, 6.45) is 1.57. The number of nitrogens with two attached hydrogens (primary N) is 1. The quantitative estimate of drug-likeness (QED) is 0.606. The van der Waals surface area contributed by atoms with Crippen LogP contribution >= 0.6 is 15.9 Å². The number of hydrogen-bond donors (Lipinski definition) is 2. The smallest absolute Gasteiger partial charge is 0.159 e. The van der Waals surface area contributed by atoms with Crippen LogP contribution in [-0.2, 0) is 0 Å². The number of nitrogens with zero attached hydrogens (tertiary/aromatic N) is 4. The Hall–Kier alpha value is -2.80. The highest BCUT2D eigenvalue weighted by molar-refractivity contribution is 9.10. The van der Waals surface area contributed by atoms with E-state index < -0.39 is 0 Å². The molecule has 1 saturated heterocycles. The lowest BCUT2D eigenvalue weighted by molar-refractivity contribution is 0.646. The summed E-state index contributed by atoms with van der Waals surface area (Å²) in [5.41, 5.74) is 11.9. The highest BCUT2D eigenvalue weighted by atomic mass is 79.9. The van der Waals surface area contributed by atoms with Crippen LogP contribution in [0, 0.1) is 13.8 Å². The van der Waals surface area contributed by atoms with Crippen LogP contribution < -0.4 is 20.9 Å². The average molecular weight is 453 g/mol. The Labute approximate surface area is 179 Å². The molecule has 0 atom stereocenters. The van der Waals surface area contributed by atoms with E-state index in [1.165, 1.54) is 16.8 Å². The van der Waals surface area contributed by atoms with Gasteiger partial charge in [0.25, 0.3) is 0 Å². The summed E-state index contributed by atoms with van der Waals surface area (Å²) in [7, 11) is 0. The van der Waals surface area contributed by atoms with Crippen LogP contribution in [0.5, 0.6) is 0 Å². The maximum absolute atomic E-state index is 6.43. The largest absolute Gasteiger partial charge is 0.393 e. The molecule has 2 heterocycles. The van der Waals surface area contributed by atoms with E-state index in [4.69, 9.17) is 5.73 Å². The van der Waals surface area contributed by atoms with Gasteiger partial charge in [-0.3, -0.25) is 0 Å². The summed E-state index contributed by atoms with van der Waals surface area (Å²) < 4.78 is 1.03. The highest BCUT2D eigenvalue weighted by Gasteiger charge is 2.22. The van der Waals surface area contributed by atoms with Gasteiger partial charge in [-0.1, -0.05) is 28.1 Å². The van der Waals surface area contributed by atoms with Crippen molar-refractivity contribution in [2.45, 2.75) is 13.8 Å². The second-order valence-corrected chi connectivity index (χ2v) is 8.20. The first-order valence-corrected chi connectivity index (χ1v) is 10.5. The molecule has 0 aliphatic carbocycles. The van der Waals surface area contributed by atoms with Crippen molar-refractivity contribution in [3.05, 3.63) is 64.4 Å². The van der Waals surface area contributed by atoms with Gasteiger partial charge in [0, 0.05) is 42.0 Å². The van der Waals surface area contributed by atoms with Gasteiger partial charge in [0.1, 0.15) is 12.0 Å². The van der Waals surface area contributed by atoms with Crippen LogP contribution in [0.1, 0.15) is 11.1 Å². The SMILES string of the molecule is Cc1cccc(N2CCN(c3ncnc(Nc4ccc(Br)cc4)c3N)CC2)c1C. The zero-order valence-electron chi connectivity index (χ0n) is 16.7. The molecule has 0 radical (unpaired) electrons. The van der Waals surface area contributed by atoms with Crippen LogP contribution in [0.4, 0.5) is 28.7 Å². The molecular formula is C22H25BrN6. The monoisotopic (exact) mass is 452 g/mol. The van der Waals surface area contributed by atoms with Crippen molar-refractivity contribution < 1.29 is 0 Å². The molecule has 1 fully saturated rings. The van der Waals surface area contributed by atoms with E-state index in [-0.39, 0.29) is 0 Å². The van der Waals surface area contributed by atoms with Gasteiger partial charge >= 0.3 is 0 Å². The molecule has 0 unspecified atom stereocenters. The Morgan fingerprint density at radius 2 is 1.62 bits per heavy atom. The van der Waals surface area contributed by atoms with Gasteiger partial charge < -0.3 is 20.9 Å². The first-order chi connectivity index (χ1) is 14.0. The number of nitrogen functional groups attached to an aromatic ring is 1. The molecule has 1 aliphatic rings. The minimum absolute atomic E-state index is 0.579. The Morgan fingerprint density at radius 3 is 2.34 bits per heavy atom. The fourth-order valence-electron chi connectivity index (χ4n) is 3.65. The van der Waals surface area contributed by atoms with E-state index in [2.05, 4.69) is 73.1 Å². The van der Waals surface area contributed by atoms with E-state index in [1.807, 2.05) is 24.3 Å². The molecule has 1 aromatic heterocycles. The van der Waals surface area contributed by atoms with Crippen molar-refractivity contribution in [3.63, 3.8) is 0 Å². The van der Waals surface area contributed by atoms with Crippen molar-refractivity contribution >= 4 is 44.6 Å². The fraction of sp³-hybridized carbons (Fsp3) is 0.273. The number of aromatic nitrogens is 2. The molecule has 6 nitrogen and oxygen atoms in total. The van der Waals surface area contributed by atoms with Gasteiger partial charge in [-0.05, 0) is 55.3 Å². The second-order valence-electron chi connectivity index (χ2n) is 7.28. The molecule has 4 rings (SSSR count). The third-order valence-electron chi connectivity index (χ3n) is 5.47. The lowest BCUT2D eigenvalue weighted by Gasteiger charge is -2.38. The van der Waals surface area contributed by atoms with Crippen LogP contribution in [-0.4, -0.2) is 36.1 Å². The number of anilines is 5. The van der Waals surface area contributed by atoms with Gasteiger partial charge in [0.15, 0.2) is 11.6 Å². The number of aryl methyl sites for hydroxylation is 1. The molecule has 0 spiro atoms. The standard InChI is InChI=1S/C22H25BrN6/c1-15-4-3-5-19(16(15)2)28-10-12-29(13-11-28)22-20(24)21(25-14-26-22)27-18-8-6-17(23)7-9-18/h3-9,14H,10-13,24H2,1-2H3,(H,25,26,27). The molecule has 0 amide bonds. The van der Waals surface area contributed by atoms with Gasteiger partial charge in [-0.15, -0.1) is 0 Å². The van der Waals surface area contributed by atoms with E-state index in [9.17, 15) is 0 Å². The summed E-state index contributed by atoms with van der Waals surface area (Å²) in [5.74, 6) is 1.43. The van der Waals surface area contributed by atoms with E-state index in [0.717, 1.165) is 42.2 Å². The molecule has 7 heteroatoms. The van der Waals surface area contributed by atoms with E-state index in [0.29, 0.717) is 11.5 Å². The summed E-state index contributed by atoms with van der Waals surface area (Å²) in [5, 5.41) is 3.29. The molecule has 29 heavy (non-hydrogen) atoms. The van der Waals surface area contributed by atoms with Crippen LogP contribution in [0.25, 0.3) is 0 Å². The van der Waals surface area contributed by atoms with Crippen molar-refractivity contribution in [2.75, 3.05) is 47.0 Å². The van der Waals surface area contributed by atoms with Crippen molar-refractivity contribution in [1.29, 1.82) is 0 Å². The molecule has 0 saturated carbocycles. The minimum Gasteiger partial charge on any atom is -0.393 e. The number of piperazine rings is 1. The Morgan fingerprint density at radius 1 is 0.931 bits per heavy atom. The van der Waals surface area contributed by atoms with Crippen LogP contribution in [0.2, 0.25) is 0 Å². The lowest BCUT2D eigenvalue weighted by Crippen LogP contribution is -2.47. The van der Waals surface area contributed by atoms with Crippen LogP contribution in [0.15, 0.2) is 53.3 Å². The average Bonchev–Trinajstić information content (AvgIpc) is 2.73. The van der Waals surface area contributed by atoms with E-state index >= 15 is 0 Å². The fourth-order valence-corrected chi connectivity index (χ4v) is 3.91. The predicted molar refractivity (Wildman–Crippen MR) is 124 cm³/mol. The first-order valence-electron chi connectivity index (χ1n) is 9.72. The lowest BCUT2D eigenvalue weighted by atomic mass is 10.1. The zero-order valence-corrected chi connectivity index (χ0v) is 18.3. The van der Waals surface area contributed by atoms with Gasteiger partial charge in [0.2, 0.25) is 0 Å². The molecule has 3 N–H and O–H groups in total. The Bertz CT molecular complexity index is 997. The molecule has 1 aliphatic heterocycles. The molecular weight excluding hydrogens is 428 g/mol. The number of benzene rings is 2. The normalized spacial score (nSPS) is 14.2. The van der Waals surface area contributed by atoms with Crippen molar-refractivity contribution in [2.24, 2.45) is 0 Å². The number of halogens is 1. The maximum atomic E-state index is 6.43. The minimum atomic E-state index is 0.579. The van der Waals surface area contributed by atoms with Crippen LogP contribution in [0.3, 0.4) is 0 Å². The van der Waals surface area contributed by atoms with Gasteiger partial charge in [0.05, 0.1) is 0 Å². The number of nitrogens with one attached hydrogen (secondary N) is 1. The maximum Gasteiger partial charge on any atom is 0.159 e. The van der Waals surface area contributed by atoms with Gasteiger partial charge in [-0.25, -0.2) is 9.97 Å². The number of rotatable bonds is 4. The second kappa shape index (κ2) is 8.29. The third-order valence-corrected chi connectivity index (χ3v) is 5.99. The first kappa shape index (κ1) is 19.5. The Kier molecular flexibility index (Phi) is 5.58. The Balaban J connectivity index is 1.48. The summed E-state index contributed by atoms with van der Waals surface area (Å²) >= 11 is 3.45. The molecule has 3 aromatic rings. The number of hydrogen-bond acceptors (Lipinski definition) is 6. The van der Waals surface area contributed by atoms with Gasteiger partial charge in [-0.2, -0.15) is 0 Å². The summed E-state index contributed by atoms with van der Waals surface area (Å²) in [4.78, 5) is 13.5. The summed E-state index contributed by atoms with van der Waals surface area (Å²) in [6, 6.07) is 14.4. The zero-order chi connectivity index (χ0) is 20.4. The predicted octanol–water partition coefficient (Wildman–Crippen LogP) is 4.51. The topological polar surface area (TPSA) is 70.3 Å². The van der Waals surface area contributed by atoms with Crippen molar-refractivity contribution in [1.82, 2.24) is 9.97 Å². The molecule has 2 aromatic carbocycles. The highest BCUT2D eigenvalue weighted by Crippen LogP contribution is 2.31. The van der Waals surface area contributed by atoms with Crippen molar-refractivity contribution in [3.8, 4) is 0 Å². The molecule has 0 bridgehead atoms. The van der Waals surface area contributed by atoms with E-state index in [1.54, 1.807) is 6.33 Å². The third kappa shape index (κ3) is 4.15. The molecule has 150 valence electrons.